The number of methoxy groups -OCH3 is 2. The number of amides is 1. The molecule has 1 atom stereocenters. The maximum absolute atomic E-state index is 12.6. The zero-order valence-electron chi connectivity index (χ0n) is 16.3. The standard InChI is InChI=1S/C20H22N2O6S/c1-13(23)14-4-7-17(8-5-14)29(25,26)21-15-10-20(24)22(12-15)16-6-9-18(27-2)19(11-16)28-3/h4-9,11,15,21H,10,12H2,1-3H3/t15-/m0/s1. The maximum atomic E-state index is 12.6. The minimum atomic E-state index is -3.82. The van der Waals surface area contributed by atoms with Gasteiger partial charge in [0, 0.05) is 36.3 Å². The summed E-state index contributed by atoms with van der Waals surface area (Å²) in [5, 5.41) is 0. The number of ketones is 1. The fraction of sp³-hybridized carbons (Fsp3) is 0.300. The highest BCUT2D eigenvalue weighted by Crippen LogP contribution is 2.33. The summed E-state index contributed by atoms with van der Waals surface area (Å²) >= 11 is 0. The van der Waals surface area contributed by atoms with E-state index in [2.05, 4.69) is 4.72 Å². The van der Waals surface area contributed by atoms with Crippen molar-refractivity contribution < 1.29 is 27.5 Å². The smallest absolute Gasteiger partial charge is 0.240 e. The van der Waals surface area contributed by atoms with Gasteiger partial charge in [0.25, 0.3) is 0 Å². The van der Waals surface area contributed by atoms with Crippen LogP contribution < -0.4 is 19.1 Å². The number of hydrogen-bond donors (Lipinski definition) is 1. The van der Waals surface area contributed by atoms with Crippen molar-refractivity contribution in [3.63, 3.8) is 0 Å². The molecular formula is C20H22N2O6S. The molecule has 9 heteroatoms. The van der Waals surface area contributed by atoms with Crippen LogP contribution in [0.1, 0.15) is 23.7 Å². The van der Waals surface area contributed by atoms with E-state index in [1.807, 2.05) is 0 Å². The van der Waals surface area contributed by atoms with Gasteiger partial charge in [0.05, 0.1) is 19.1 Å². The summed E-state index contributed by atoms with van der Waals surface area (Å²) in [4.78, 5) is 25.4. The Bertz CT molecular complexity index is 1030. The second-order valence-electron chi connectivity index (χ2n) is 6.65. The van der Waals surface area contributed by atoms with Crippen molar-refractivity contribution in [2.75, 3.05) is 25.7 Å². The molecule has 154 valence electrons. The largest absolute Gasteiger partial charge is 0.493 e. The number of benzene rings is 2. The molecule has 1 N–H and O–H groups in total. The third-order valence-electron chi connectivity index (χ3n) is 4.70. The molecule has 1 amide bonds. The fourth-order valence-electron chi connectivity index (χ4n) is 3.19. The average Bonchev–Trinajstić information content (AvgIpc) is 3.06. The quantitative estimate of drug-likeness (QED) is 0.690. The molecule has 0 unspecified atom stereocenters. The first-order valence-corrected chi connectivity index (χ1v) is 10.4. The van der Waals surface area contributed by atoms with Crippen LogP contribution in [0.15, 0.2) is 47.4 Å². The van der Waals surface area contributed by atoms with E-state index in [-0.39, 0.29) is 29.6 Å². The normalized spacial score (nSPS) is 16.7. The van der Waals surface area contributed by atoms with E-state index in [0.717, 1.165) is 0 Å². The number of anilines is 1. The van der Waals surface area contributed by atoms with Crippen LogP contribution in [0.2, 0.25) is 0 Å². The van der Waals surface area contributed by atoms with Crippen LogP contribution in [0.3, 0.4) is 0 Å². The molecular weight excluding hydrogens is 396 g/mol. The van der Waals surface area contributed by atoms with Crippen molar-refractivity contribution in [2.24, 2.45) is 0 Å². The summed E-state index contributed by atoms with van der Waals surface area (Å²) in [6, 6.07) is 10.2. The molecule has 1 saturated heterocycles. The van der Waals surface area contributed by atoms with E-state index in [4.69, 9.17) is 9.47 Å². The van der Waals surface area contributed by atoms with Gasteiger partial charge < -0.3 is 14.4 Å². The lowest BCUT2D eigenvalue weighted by Gasteiger charge is -2.19. The molecule has 1 aliphatic rings. The predicted molar refractivity (Wildman–Crippen MR) is 107 cm³/mol. The molecule has 0 spiro atoms. The number of sulfonamides is 1. The molecule has 29 heavy (non-hydrogen) atoms. The molecule has 8 nitrogen and oxygen atoms in total. The summed E-state index contributed by atoms with van der Waals surface area (Å²) in [6.07, 6.45) is 0.0408. The topological polar surface area (TPSA) is 102 Å². The highest BCUT2D eigenvalue weighted by molar-refractivity contribution is 7.89. The Labute approximate surface area is 169 Å². The van der Waals surface area contributed by atoms with Gasteiger partial charge in [-0.15, -0.1) is 0 Å². The Morgan fingerprint density at radius 1 is 1.07 bits per heavy atom. The summed E-state index contributed by atoms with van der Waals surface area (Å²) in [6.45, 7) is 1.60. The van der Waals surface area contributed by atoms with Crippen LogP contribution in [-0.4, -0.2) is 46.9 Å². The average molecular weight is 418 g/mol. The van der Waals surface area contributed by atoms with Crippen molar-refractivity contribution >= 4 is 27.4 Å². The second-order valence-corrected chi connectivity index (χ2v) is 8.36. The zero-order chi connectivity index (χ0) is 21.2. The molecule has 1 aliphatic heterocycles. The van der Waals surface area contributed by atoms with Crippen LogP contribution in [0.5, 0.6) is 11.5 Å². The molecule has 2 aromatic rings. The summed E-state index contributed by atoms with van der Waals surface area (Å²) in [5.74, 6) is 0.673. The first kappa shape index (κ1) is 20.8. The van der Waals surface area contributed by atoms with Gasteiger partial charge >= 0.3 is 0 Å². The van der Waals surface area contributed by atoms with E-state index in [0.29, 0.717) is 22.7 Å². The highest BCUT2D eigenvalue weighted by Gasteiger charge is 2.34. The third kappa shape index (κ3) is 4.41. The minimum Gasteiger partial charge on any atom is -0.493 e. The summed E-state index contributed by atoms with van der Waals surface area (Å²) in [5.41, 5.74) is 1.03. The summed E-state index contributed by atoms with van der Waals surface area (Å²) in [7, 11) is -0.802. The van der Waals surface area contributed by atoms with Gasteiger partial charge in [0.15, 0.2) is 17.3 Å². The molecule has 2 aromatic carbocycles. The van der Waals surface area contributed by atoms with Gasteiger partial charge in [-0.1, -0.05) is 12.1 Å². The number of rotatable bonds is 7. The Morgan fingerprint density at radius 3 is 2.31 bits per heavy atom. The van der Waals surface area contributed by atoms with E-state index < -0.39 is 16.1 Å². The van der Waals surface area contributed by atoms with Crippen LogP contribution >= 0.6 is 0 Å². The highest BCUT2D eigenvalue weighted by atomic mass is 32.2. The molecule has 0 radical (unpaired) electrons. The lowest BCUT2D eigenvalue weighted by atomic mass is 10.2. The van der Waals surface area contributed by atoms with E-state index in [1.54, 1.807) is 18.2 Å². The number of ether oxygens (including phenoxy) is 2. The molecule has 0 aromatic heterocycles. The van der Waals surface area contributed by atoms with Crippen LogP contribution in [0.25, 0.3) is 0 Å². The first-order valence-electron chi connectivity index (χ1n) is 8.91. The van der Waals surface area contributed by atoms with Crippen molar-refractivity contribution in [1.82, 2.24) is 4.72 Å². The van der Waals surface area contributed by atoms with E-state index >= 15 is 0 Å². The number of hydrogen-bond acceptors (Lipinski definition) is 6. The number of nitrogens with one attached hydrogen (secondary N) is 1. The maximum Gasteiger partial charge on any atom is 0.240 e. The SMILES string of the molecule is COc1ccc(N2C[C@@H](NS(=O)(=O)c3ccc(C(C)=O)cc3)CC2=O)cc1OC. The molecule has 3 rings (SSSR count). The third-order valence-corrected chi connectivity index (χ3v) is 6.23. The van der Waals surface area contributed by atoms with E-state index in [1.165, 1.54) is 50.3 Å². The van der Waals surface area contributed by atoms with Crippen LogP contribution in [-0.2, 0) is 14.8 Å². The first-order chi connectivity index (χ1) is 13.7. The van der Waals surface area contributed by atoms with Crippen molar-refractivity contribution in [2.45, 2.75) is 24.3 Å². The minimum absolute atomic E-state index is 0.0408. The van der Waals surface area contributed by atoms with E-state index in [9.17, 15) is 18.0 Å². The number of nitrogens with zero attached hydrogens (tertiary/aromatic N) is 1. The Kier molecular flexibility index (Phi) is 5.90. The predicted octanol–water partition coefficient (Wildman–Crippen LogP) is 1.99. The van der Waals surface area contributed by atoms with Crippen molar-refractivity contribution in [3.8, 4) is 11.5 Å². The molecule has 0 aliphatic carbocycles. The molecule has 1 fully saturated rings. The molecule has 0 saturated carbocycles. The monoisotopic (exact) mass is 418 g/mol. The lowest BCUT2D eigenvalue weighted by Crippen LogP contribution is -2.37. The Morgan fingerprint density at radius 2 is 1.72 bits per heavy atom. The lowest BCUT2D eigenvalue weighted by molar-refractivity contribution is -0.117. The molecule has 1 heterocycles. The Balaban J connectivity index is 1.75. The van der Waals surface area contributed by atoms with Crippen LogP contribution in [0.4, 0.5) is 5.69 Å². The number of Topliss-reactive ketones (excluding diaryl/α,β-unsaturated/α-hetero) is 1. The number of carbonyl (C=O) groups excluding carboxylic acids is 2. The van der Waals surface area contributed by atoms with Crippen molar-refractivity contribution in [1.29, 1.82) is 0 Å². The van der Waals surface area contributed by atoms with Gasteiger partial charge in [0.2, 0.25) is 15.9 Å². The van der Waals surface area contributed by atoms with Crippen molar-refractivity contribution in [3.05, 3.63) is 48.0 Å². The van der Waals surface area contributed by atoms with Gasteiger partial charge in [0.1, 0.15) is 0 Å². The van der Waals surface area contributed by atoms with Gasteiger partial charge in [-0.25, -0.2) is 13.1 Å². The fourth-order valence-corrected chi connectivity index (χ4v) is 4.41. The van der Waals surface area contributed by atoms with Gasteiger partial charge in [-0.05, 0) is 31.2 Å². The zero-order valence-corrected chi connectivity index (χ0v) is 17.2. The van der Waals surface area contributed by atoms with Gasteiger partial charge in [-0.2, -0.15) is 0 Å². The van der Waals surface area contributed by atoms with Gasteiger partial charge in [-0.3, -0.25) is 9.59 Å². The number of carbonyl (C=O) groups is 2. The molecule has 0 bridgehead atoms. The Hall–Kier alpha value is -2.91. The second kappa shape index (κ2) is 8.22. The summed E-state index contributed by atoms with van der Waals surface area (Å²) < 4.78 is 38.3. The van der Waals surface area contributed by atoms with Crippen LogP contribution in [0, 0.1) is 0 Å².